The largest absolute Gasteiger partial charge is 0.370 e. The van der Waals surface area contributed by atoms with Gasteiger partial charge in [0.1, 0.15) is 6.61 Å². The van der Waals surface area contributed by atoms with Gasteiger partial charge in [0.25, 0.3) is 0 Å². The van der Waals surface area contributed by atoms with Crippen molar-refractivity contribution in [2.75, 3.05) is 6.61 Å². The number of hydrogen-bond donors (Lipinski definition) is 0. The third-order valence-corrected chi connectivity index (χ3v) is 2.64. The summed E-state index contributed by atoms with van der Waals surface area (Å²) in [7, 11) is 0. The van der Waals surface area contributed by atoms with E-state index in [0.717, 1.165) is 24.0 Å². The van der Waals surface area contributed by atoms with Gasteiger partial charge in [0.2, 0.25) is 0 Å². The molecule has 0 saturated heterocycles. The van der Waals surface area contributed by atoms with Gasteiger partial charge in [-0.1, -0.05) is 37.6 Å². The molecule has 0 aromatic heterocycles. The van der Waals surface area contributed by atoms with Crippen LogP contribution >= 0.6 is 0 Å². The van der Waals surface area contributed by atoms with Crippen molar-refractivity contribution in [2.45, 2.75) is 39.7 Å². The summed E-state index contributed by atoms with van der Waals surface area (Å²) in [5.41, 5.74) is 1.78. The van der Waals surface area contributed by atoms with E-state index in [4.69, 9.17) is 4.74 Å². The van der Waals surface area contributed by atoms with Crippen LogP contribution < -0.4 is 0 Å². The van der Waals surface area contributed by atoms with Gasteiger partial charge in [0, 0.05) is 5.56 Å². The molecule has 0 spiro atoms. The summed E-state index contributed by atoms with van der Waals surface area (Å²) < 4.78 is 5.50. The van der Waals surface area contributed by atoms with E-state index >= 15 is 0 Å². The van der Waals surface area contributed by atoms with Crippen LogP contribution in [0.3, 0.4) is 0 Å². The van der Waals surface area contributed by atoms with Crippen LogP contribution in [0.2, 0.25) is 0 Å². The van der Waals surface area contributed by atoms with E-state index in [9.17, 15) is 4.79 Å². The second kappa shape index (κ2) is 6.44. The minimum absolute atomic E-state index is 0.0704. The Morgan fingerprint density at radius 1 is 1.38 bits per heavy atom. The Kier molecular flexibility index (Phi) is 5.20. The van der Waals surface area contributed by atoms with E-state index in [1.165, 1.54) is 0 Å². The van der Waals surface area contributed by atoms with E-state index in [2.05, 4.69) is 6.92 Å². The van der Waals surface area contributed by atoms with Crippen molar-refractivity contribution in [3.05, 3.63) is 35.4 Å². The van der Waals surface area contributed by atoms with Crippen LogP contribution in [0.4, 0.5) is 0 Å². The van der Waals surface area contributed by atoms with Crippen LogP contribution in [-0.2, 0) is 4.74 Å². The SMILES string of the molecule is CCCC(C)OCC(=O)c1ccccc1C. The Hall–Kier alpha value is -1.15. The highest BCUT2D eigenvalue weighted by atomic mass is 16.5. The smallest absolute Gasteiger partial charge is 0.188 e. The Morgan fingerprint density at radius 2 is 2.06 bits per heavy atom. The predicted octanol–water partition coefficient (Wildman–Crippen LogP) is 3.38. The van der Waals surface area contributed by atoms with Crippen LogP contribution in [0.5, 0.6) is 0 Å². The molecule has 0 saturated carbocycles. The number of carbonyl (C=O) groups is 1. The quantitative estimate of drug-likeness (QED) is 0.687. The third kappa shape index (κ3) is 3.78. The summed E-state index contributed by atoms with van der Waals surface area (Å²) in [6.45, 7) is 6.26. The topological polar surface area (TPSA) is 26.3 Å². The second-order valence-corrected chi connectivity index (χ2v) is 4.15. The first-order chi connectivity index (χ1) is 7.65. The van der Waals surface area contributed by atoms with Crippen molar-refractivity contribution in [3.63, 3.8) is 0 Å². The molecule has 16 heavy (non-hydrogen) atoms. The molecule has 2 nitrogen and oxygen atoms in total. The Balaban J connectivity index is 2.50. The van der Waals surface area contributed by atoms with Gasteiger partial charge in [-0.15, -0.1) is 0 Å². The standard InChI is InChI=1S/C14H20O2/c1-4-7-12(3)16-10-14(15)13-9-6-5-8-11(13)2/h5-6,8-9,12H,4,7,10H2,1-3H3. The number of carbonyl (C=O) groups excluding carboxylic acids is 1. The van der Waals surface area contributed by atoms with Gasteiger partial charge < -0.3 is 4.74 Å². The molecule has 0 aliphatic carbocycles. The molecule has 0 amide bonds. The number of hydrogen-bond acceptors (Lipinski definition) is 2. The van der Waals surface area contributed by atoms with Crippen LogP contribution in [0, 0.1) is 6.92 Å². The molecule has 1 rings (SSSR count). The normalized spacial score (nSPS) is 12.4. The summed E-state index contributed by atoms with van der Waals surface area (Å²) in [5, 5.41) is 0. The average molecular weight is 220 g/mol. The van der Waals surface area contributed by atoms with Gasteiger partial charge in [0.05, 0.1) is 6.10 Å². The lowest BCUT2D eigenvalue weighted by molar-refractivity contribution is 0.0490. The van der Waals surface area contributed by atoms with Crippen LogP contribution in [-0.4, -0.2) is 18.5 Å². The molecule has 1 atom stereocenters. The van der Waals surface area contributed by atoms with Crippen molar-refractivity contribution < 1.29 is 9.53 Å². The first-order valence-electron chi connectivity index (χ1n) is 5.85. The Labute approximate surface area is 97.6 Å². The maximum Gasteiger partial charge on any atom is 0.188 e. The first kappa shape index (κ1) is 12.9. The molecular weight excluding hydrogens is 200 g/mol. The molecule has 0 radical (unpaired) electrons. The maximum absolute atomic E-state index is 11.8. The third-order valence-electron chi connectivity index (χ3n) is 2.64. The molecule has 1 aromatic rings. The summed E-state index contributed by atoms with van der Waals surface area (Å²) in [6, 6.07) is 7.62. The lowest BCUT2D eigenvalue weighted by Crippen LogP contribution is -2.16. The second-order valence-electron chi connectivity index (χ2n) is 4.15. The highest BCUT2D eigenvalue weighted by Crippen LogP contribution is 2.09. The monoisotopic (exact) mass is 220 g/mol. The summed E-state index contributed by atoms with van der Waals surface area (Å²) in [4.78, 5) is 11.8. The first-order valence-corrected chi connectivity index (χ1v) is 5.85. The van der Waals surface area contributed by atoms with Gasteiger partial charge in [-0.25, -0.2) is 0 Å². The van der Waals surface area contributed by atoms with Gasteiger partial charge in [0.15, 0.2) is 5.78 Å². The van der Waals surface area contributed by atoms with Crippen molar-refractivity contribution in [1.29, 1.82) is 0 Å². The number of aryl methyl sites for hydroxylation is 1. The zero-order valence-electron chi connectivity index (χ0n) is 10.3. The van der Waals surface area contributed by atoms with Gasteiger partial charge in [-0.3, -0.25) is 4.79 Å². The van der Waals surface area contributed by atoms with E-state index in [0.29, 0.717) is 0 Å². The minimum atomic E-state index is 0.0704. The molecule has 0 aliphatic heterocycles. The molecule has 1 aromatic carbocycles. The number of ether oxygens (including phenoxy) is 1. The zero-order valence-corrected chi connectivity index (χ0v) is 10.3. The summed E-state index contributed by atoms with van der Waals surface area (Å²) >= 11 is 0. The average Bonchev–Trinajstić information content (AvgIpc) is 2.27. The van der Waals surface area contributed by atoms with Gasteiger partial charge >= 0.3 is 0 Å². The summed E-state index contributed by atoms with van der Waals surface area (Å²) in [6.07, 6.45) is 2.25. The molecule has 0 aliphatic rings. The van der Waals surface area contributed by atoms with Crippen LogP contribution in [0.1, 0.15) is 42.6 Å². The fourth-order valence-electron chi connectivity index (χ4n) is 1.67. The number of Topliss-reactive ketones (excluding diaryl/α,β-unsaturated/α-hetero) is 1. The maximum atomic E-state index is 11.8. The fourth-order valence-corrected chi connectivity index (χ4v) is 1.67. The molecule has 0 N–H and O–H groups in total. The van der Waals surface area contributed by atoms with E-state index < -0.39 is 0 Å². The highest BCUT2D eigenvalue weighted by molar-refractivity contribution is 5.98. The zero-order chi connectivity index (χ0) is 12.0. The van der Waals surface area contributed by atoms with Crippen LogP contribution in [0.25, 0.3) is 0 Å². The van der Waals surface area contributed by atoms with Crippen molar-refractivity contribution in [3.8, 4) is 0 Å². The van der Waals surface area contributed by atoms with E-state index in [1.807, 2.05) is 38.1 Å². The molecule has 2 heteroatoms. The minimum Gasteiger partial charge on any atom is -0.370 e. The van der Waals surface area contributed by atoms with E-state index in [1.54, 1.807) is 0 Å². The van der Waals surface area contributed by atoms with Gasteiger partial charge in [-0.05, 0) is 25.8 Å². The van der Waals surface area contributed by atoms with E-state index in [-0.39, 0.29) is 18.5 Å². The predicted molar refractivity (Wildman–Crippen MR) is 65.8 cm³/mol. The molecule has 0 bridgehead atoms. The Morgan fingerprint density at radius 3 is 2.69 bits per heavy atom. The molecule has 0 fully saturated rings. The molecule has 1 unspecified atom stereocenters. The molecule has 0 heterocycles. The Bertz CT molecular complexity index is 344. The van der Waals surface area contributed by atoms with Crippen molar-refractivity contribution in [1.82, 2.24) is 0 Å². The highest BCUT2D eigenvalue weighted by Gasteiger charge is 2.10. The number of ketones is 1. The van der Waals surface area contributed by atoms with Crippen molar-refractivity contribution >= 4 is 5.78 Å². The molecular formula is C14H20O2. The molecule has 88 valence electrons. The van der Waals surface area contributed by atoms with Crippen LogP contribution in [0.15, 0.2) is 24.3 Å². The number of rotatable bonds is 6. The fraction of sp³-hybridized carbons (Fsp3) is 0.500. The number of benzene rings is 1. The summed E-state index contributed by atoms with van der Waals surface area (Å²) in [5.74, 6) is 0.0704. The van der Waals surface area contributed by atoms with Gasteiger partial charge in [-0.2, -0.15) is 0 Å². The lowest BCUT2D eigenvalue weighted by atomic mass is 10.1. The lowest BCUT2D eigenvalue weighted by Gasteiger charge is -2.11. The van der Waals surface area contributed by atoms with Crippen molar-refractivity contribution in [2.24, 2.45) is 0 Å².